The van der Waals surface area contributed by atoms with Gasteiger partial charge in [0.1, 0.15) is 15.8 Å². The second kappa shape index (κ2) is 7.18. The number of hydrogen-bond donors (Lipinski definition) is 0. The molecule has 0 spiro atoms. The Hall–Kier alpha value is -1.63. The predicted molar refractivity (Wildman–Crippen MR) is 106 cm³/mol. The SMILES string of the molecule is CCN1C(=O)N(c2cc(Cl)nc(Cl)c2)C(=O)[C@@]1(C)Cc1ccc(Br)cc1. The van der Waals surface area contributed by atoms with Crippen molar-refractivity contribution in [3.63, 3.8) is 0 Å². The van der Waals surface area contributed by atoms with Gasteiger partial charge in [0.05, 0.1) is 5.69 Å². The summed E-state index contributed by atoms with van der Waals surface area (Å²) in [6.07, 6.45) is 0.405. The summed E-state index contributed by atoms with van der Waals surface area (Å²) in [7, 11) is 0. The van der Waals surface area contributed by atoms with Crippen LogP contribution >= 0.6 is 39.1 Å². The quantitative estimate of drug-likeness (QED) is 0.483. The first-order valence-electron chi connectivity index (χ1n) is 8.00. The number of aromatic nitrogens is 1. The van der Waals surface area contributed by atoms with Crippen molar-refractivity contribution in [1.29, 1.82) is 0 Å². The lowest BCUT2D eigenvalue weighted by molar-refractivity contribution is -0.124. The summed E-state index contributed by atoms with van der Waals surface area (Å²) in [6, 6.07) is 10.2. The van der Waals surface area contributed by atoms with Crippen molar-refractivity contribution < 1.29 is 9.59 Å². The van der Waals surface area contributed by atoms with Crippen LogP contribution in [0.15, 0.2) is 40.9 Å². The topological polar surface area (TPSA) is 53.5 Å². The third kappa shape index (κ3) is 3.33. The van der Waals surface area contributed by atoms with Crippen molar-refractivity contribution in [2.75, 3.05) is 11.4 Å². The molecule has 2 aromatic rings. The van der Waals surface area contributed by atoms with Gasteiger partial charge in [0.15, 0.2) is 0 Å². The van der Waals surface area contributed by atoms with Crippen LogP contribution in [0.5, 0.6) is 0 Å². The Morgan fingerprint density at radius 2 is 1.69 bits per heavy atom. The molecule has 1 aromatic carbocycles. The van der Waals surface area contributed by atoms with Crippen LogP contribution in [0.25, 0.3) is 0 Å². The van der Waals surface area contributed by atoms with Gasteiger partial charge in [0, 0.05) is 17.4 Å². The molecular formula is C18H16BrCl2N3O2. The molecule has 1 fully saturated rings. The Kier molecular flexibility index (Phi) is 5.28. The lowest BCUT2D eigenvalue weighted by atomic mass is 9.91. The van der Waals surface area contributed by atoms with Crippen LogP contribution in [0.2, 0.25) is 10.3 Å². The Balaban J connectivity index is 2.01. The monoisotopic (exact) mass is 455 g/mol. The number of likely N-dealkylation sites (N-methyl/N-ethyl adjacent to an activating group) is 1. The molecular weight excluding hydrogens is 441 g/mol. The standard InChI is InChI=1S/C18H16BrCl2N3O2/c1-3-23-17(26)24(13-8-14(20)22-15(21)9-13)16(25)18(23,2)10-11-4-6-12(19)7-5-11/h4-9H,3,10H2,1-2H3/t18-/m1/s1. The van der Waals surface area contributed by atoms with Gasteiger partial charge in [-0.1, -0.05) is 51.3 Å². The fraction of sp³-hybridized carbons (Fsp3) is 0.278. The number of anilines is 1. The molecule has 3 rings (SSSR count). The van der Waals surface area contributed by atoms with Gasteiger partial charge in [0.25, 0.3) is 5.91 Å². The van der Waals surface area contributed by atoms with E-state index in [4.69, 9.17) is 23.2 Å². The van der Waals surface area contributed by atoms with E-state index in [0.29, 0.717) is 18.7 Å². The van der Waals surface area contributed by atoms with E-state index in [1.807, 2.05) is 31.2 Å². The van der Waals surface area contributed by atoms with Crippen molar-refractivity contribution in [1.82, 2.24) is 9.88 Å². The zero-order chi connectivity index (χ0) is 19.1. The zero-order valence-electron chi connectivity index (χ0n) is 14.2. The lowest BCUT2D eigenvalue weighted by Crippen LogP contribution is -2.48. The smallest absolute Gasteiger partial charge is 0.309 e. The molecule has 0 bridgehead atoms. The molecule has 0 saturated carbocycles. The molecule has 5 nitrogen and oxygen atoms in total. The number of rotatable bonds is 4. The second-order valence-electron chi connectivity index (χ2n) is 6.22. The van der Waals surface area contributed by atoms with Crippen LogP contribution in [0.1, 0.15) is 19.4 Å². The van der Waals surface area contributed by atoms with Gasteiger partial charge in [0.2, 0.25) is 0 Å². The zero-order valence-corrected chi connectivity index (χ0v) is 17.3. The van der Waals surface area contributed by atoms with E-state index >= 15 is 0 Å². The van der Waals surface area contributed by atoms with Crippen molar-refractivity contribution in [3.05, 3.63) is 56.7 Å². The molecule has 0 unspecified atom stereocenters. The molecule has 0 aliphatic carbocycles. The minimum Gasteiger partial charge on any atom is -0.309 e. The molecule has 1 saturated heterocycles. The van der Waals surface area contributed by atoms with Crippen LogP contribution < -0.4 is 4.90 Å². The normalized spacial score (nSPS) is 20.2. The van der Waals surface area contributed by atoms with E-state index in [-0.39, 0.29) is 16.2 Å². The summed E-state index contributed by atoms with van der Waals surface area (Å²) < 4.78 is 0.954. The number of hydrogen-bond acceptors (Lipinski definition) is 3. The molecule has 136 valence electrons. The van der Waals surface area contributed by atoms with Gasteiger partial charge in [-0.05, 0) is 43.7 Å². The van der Waals surface area contributed by atoms with Crippen molar-refractivity contribution >= 4 is 56.8 Å². The molecule has 1 aliphatic rings. The number of pyridine rings is 1. The first kappa shape index (κ1) is 19.1. The maximum Gasteiger partial charge on any atom is 0.332 e. The molecule has 3 amide bonds. The fourth-order valence-electron chi connectivity index (χ4n) is 3.24. The van der Waals surface area contributed by atoms with E-state index in [1.54, 1.807) is 11.8 Å². The molecule has 0 N–H and O–H groups in total. The van der Waals surface area contributed by atoms with Gasteiger partial charge in [-0.2, -0.15) is 0 Å². The average molecular weight is 457 g/mol. The van der Waals surface area contributed by atoms with Gasteiger partial charge < -0.3 is 4.90 Å². The molecule has 2 heterocycles. The number of nitrogens with zero attached hydrogens (tertiary/aromatic N) is 3. The second-order valence-corrected chi connectivity index (χ2v) is 7.91. The van der Waals surface area contributed by atoms with Crippen molar-refractivity contribution in [3.8, 4) is 0 Å². The molecule has 8 heteroatoms. The van der Waals surface area contributed by atoms with E-state index < -0.39 is 11.6 Å². The number of carbonyl (C=O) groups is 2. The van der Waals surface area contributed by atoms with Gasteiger partial charge in [-0.3, -0.25) is 4.79 Å². The van der Waals surface area contributed by atoms with Crippen molar-refractivity contribution in [2.24, 2.45) is 0 Å². The Morgan fingerprint density at radius 3 is 2.23 bits per heavy atom. The van der Waals surface area contributed by atoms with Crippen LogP contribution in [0.3, 0.4) is 0 Å². The first-order valence-corrected chi connectivity index (χ1v) is 9.55. The number of urea groups is 1. The summed E-state index contributed by atoms with van der Waals surface area (Å²) in [4.78, 5) is 32.8. The fourth-order valence-corrected chi connectivity index (χ4v) is 3.95. The molecule has 26 heavy (non-hydrogen) atoms. The summed E-state index contributed by atoms with van der Waals surface area (Å²) in [5.41, 5.74) is 0.285. The minimum atomic E-state index is -0.998. The Labute approximate surface area is 170 Å². The Bertz CT molecular complexity index is 855. The highest BCUT2D eigenvalue weighted by atomic mass is 79.9. The summed E-state index contributed by atoms with van der Waals surface area (Å²) in [6.45, 7) is 4.03. The number of amides is 3. The maximum absolute atomic E-state index is 13.2. The third-order valence-electron chi connectivity index (χ3n) is 4.47. The summed E-state index contributed by atoms with van der Waals surface area (Å²) in [5.74, 6) is -0.314. The average Bonchev–Trinajstić information content (AvgIpc) is 2.75. The van der Waals surface area contributed by atoms with Crippen LogP contribution in [-0.2, 0) is 11.2 Å². The van der Waals surface area contributed by atoms with Crippen LogP contribution in [-0.4, -0.2) is 33.9 Å². The minimum absolute atomic E-state index is 0.123. The highest BCUT2D eigenvalue weighted by molar-refractivity contribution is 9.10. The van der Waals surface area contributed by atoms with Crippen molar-refractivity contribution in [2.45, 2.75) is 25.8 Å². The van der Waals surface area contributed by atoms with Crippen LogP contribution in [0, 0.1) is 0 Å². The van der Waals surface area contributed by atoms with Gasteiger partial charge in [-0.15, -0.1) is 0 Å². The molecule has 1 aliphatic heterocycles. The summed E-state index contributed by atoms with van der Waals surface area (Å²) >= 11 is 15.3. The number of benzene rings is 1. The van der Waals surface area contributed by atoms with E-state index in [9.17, 15) is 9.59 Å². The molecule has 1 aromatic heterocycles. The highest BCUT2D eigenvalue weighted by Crippen LogP contribution is 2.36. The van der Waals surface area contributed by atoms with Gasteiger partial charge >= 0.3 is 6.03 Å². The first-order chi connectivity index (χ1) is 12.3. The van der Waals surface area contributed by atoms with Gasteiger partial charge in [-0.25, -0.2) is 14.7 Å². The Morgan fingerprint density at radius 1 is 1.12 bits per heavy atom. The molecule has 1 atom stereocenters. The predicted octanol–water partition coefficient (Wildman–Crippen LogP) is 4.94. The largest absolute Gasteiger partial charge is 0.332 e. The van der Waals surface area contributed by atoms with E-state index in [1.165, 1.54) is 12.1 Å². The number of carbonyl (C=O) groups excluding carboxylic acids is 2. The highest BCUT2D eigenvalue weighted by Gasteiger charge is 2.54. The van der Waals surface area contributed by atoms with Crippen LogP contribution in [0.4, 0.5) is 10.5 Å². The summed E-state index contributed by atoms with van der Waals surface area (Å²) in [5, 5.41) is 0.246. The molecule has 0 radical (unpaired) electrons. The van der Waals surface area contributed by atoms with E-state index in [2.05, 4.69) is 20.9 Å². The lowest BCUT2D eigenvalue weighted by Gasteiger charge is -2.30. The maximum atomic E-state index is 13.2. The van der Waals surface area contributed by atoms with E-state index in [0.717, 1.165) is 14.9 Å². The third-order valence-corrected chi connectivity index (χ3v) is 5.38. The number of halogens is 3. The number of imide groups is 1.